The van der Waals surface area contributed by atoms with Crippen LogP contribution in [0.1, 0.15) is 84.5 Å². The maximum Gasteiger partial charge on any atom is 0.303 e. The molecular weight excluding hydrogens is 420 g/mol. The molecule has 0 radical (unpaired) electrons. The van der Waals surface area contributed by atoms with Crippen LogP contribution in [0.15, 0.2) is 16.8 Å². The van der Waals surface area contributed by atoms with E-state index >= 15 is 0 Å². The first kappa shape index (κ1) is 24.2. The highest BCUT2D eigenvalue weighted by Gasteiger charge is 2.58. The molecule has 0 aliphatic heterocycles. The summed E-state index contributed by atoms with van der Waals surface area (Å²) >= 11 is 0. The molecule has 3 fully saturated rings. The standard InChI is InChI=1S/C26H40N2O5/c1-25-12-10-18(28-33-16-23(30)27-14-4-3-5-24(31)32)15-17(25)6-7-19-20-8-9-22(29)26(20,2)13-11-21(19)25/h15,19-22,29H,3-14,16H2,1-2H3,(H,27,30)(H,31,32)/b28-18+/t19?,20?,21?,22?,25-,26-/m0/s1. The molecule has 6 atom stereocenters. The number of nitrogens with zero attached hydrogens (tertiary/aromatic N) is 1. The zero-order valence-corrected chi connectivity index (χ0v) is 20.1. The lowest BCUT2D eigenvalue weighted by Gasteiger charge is -2.57. The van der Waals surface area contributed by atoms with Crippen LogP contribution in [0.4, 0.5) is 0 Å². The van der Waals surface area contributed by atoms with Gasteiger partial charge in [-0.05, 0) is 98.9 Å². The van der Waals surface area contributed by atoms with Gasteiger partial charge in [-0.1, -0.05) is 24.6 Å². The van der Waals surface area contributed by atoms with E-state index in [1.54, 1.807) is 0 Å². The Morgan fingerprint density at radius 2 is 1.94 bits per heavy atom. The van der Waals surface area contributed by atoms with Gasteiger partial charge in [0, 0.05) is 13.0 Å². The predicted molar refractivity (Wildman–Crippen MR) is 126 cm³/mol. The maximum absolute atomic E-state index is 11.9. The first-order valence-corrected chi connectivity index (χ1v) is 12.8. The van der Waals surface area contributed by atoms with Crippen molar-refractivity contribution in [1.82, 2.24) is 5.32 Å². The van der Waals surface area contributed by atoms with E-state index in [0.717, 1.165) is 43.7 Å². The second-order valence-electron chi connectivity index (χ2n) is 11.2. The topological polar surface area (TPSA) is 108 Å². The molecule has 4 unspecified atom stereocenters. The van der Waals surface area contributed by atoms with E-state index in [9.17, 15) is 14.7 Å². The van der Waals surface area contributed by atoms with Crippen LogP contribution < -0.4 is 5.32 Å². The molecule has 4 rings (SSSR count). The molecule has 4 aliphatic rings. The summed E-state index contributed by atoms with van der Waals surface area (Å²) < 4.78 is 0. The molecule has 1 amide bonds. The summed E-state index contributed by atoms with van der Waals surface area (Å²) in [6.45, 7) is 5.11. The Labute approximate surface area is 197 Å². The van der Waals surface area contributed by atoms with Crippen molar-refractivity contribution in [2.75, 3.05) is 13.2 Å². The summed E-state index contributed by atoms with van der Waals surface area (Å²) in [7, 11) is 0. The Hall–Kier alpha value is -1.89. The van der Waals surface area contributed by atoms with Crippen molar-refractivity contribution in [2.45, 2.75) is 90.6 Å². The van der Waals surface area contributed by atoms with Gasteiger partial charge in [0.05, 0.1) is 11.8 Å². The molecule has 33 heavy (non-hydrogen) atoms. The van der Waals surface area contributed by atoms with Crippen molar-refractivity contribution in [1.29, 1.82) is 0 Å². The summed E-state index contributed by atoms with van der Waals surface area (Å²) in [4.78, 5) is 27.7. The minimum atomic E-state index is -0.814. The van der Waals surface area contributed by atoms with Crippen molar-refractivity contribution >= 4 is 17.6 Å². The molecule has 0 saturated heterocycles. The molecule has 0 aromatic rings. The molecule has 0 aromatic heterocycles. The number of carbonyl (C=O) groups excluding carboxylic acids is 1. The number of aliphatic carboxylic acids is 1. The van der Waals surface area contributed by atoms with E-state index in [-0.39, 0.29) is 35.9 Å². The van der Waals surface area contributed by atoms with Crippen LogP contribution in [0.2, 0.25) is 0 Å². The number of fused-ring (bicyclic) bond motifs is 5. The largest absolute Gasteiger partial charge is 0.481 e. The number of carbonyl (C=O) groups is 2. The maximum atomic E-state index is 11.9. The van der Waals surface area contributed by atoms with E-state index in [2.05, 4.69) is 30.4 Å². The minimum Gasteiger partial charge on any atom is -0.481 e. The van der Waals surface area contributed by atoms with Gasteiger partial charge in [0.1, 0.15) is 0 Å². The van der Waals surface area contributed by atoms with Gasteiger partial charge in [0.25, 0.3) is 5.91 Å². The number of hydrogen-bond acceptors (Lipinski definition) is 5. The summed E-state index contributed by atoms with van der Waals surface area (Å²) in [5, 5.41) is 26.3. The van der Waals surface area contributed by atoms with Crippen molar-refractivity contribution in [2.24, 2.45) is 33.7 Å². The zero-order chi connectivity index (χ0) is 23.6. The van der Waals surface area contributed by atoms with Gasteiger partial charge in [-0.25, -0.2) is 0 Å². The Morgan fingerprint density at radius 3 is 2.73 bits per heavy atom. The molecule has 4 aliphatic carbocycles. The lowest BCUT2D eigenvalue weighted by Crippen LogP contribution is -2.51. The number of unbranched alkanes of at least 4 members (excludes halogenated alkanes) is 1. The SMILES string of the molecule is C[C@]12CCC3C(CCC4=C/C(=N/OCC(=O)NCCCCC(=O)O)CC[C@@]43C)C1CCC2O. The van der Waals surface area contributed by atoms with E-state index < -0.39 is 5.97 Å². The van der Waals surface area contributed by atoms with E-state index in [0.29, 0.717) is 31.2 Å². The van der Waals surface area contributed by atoms with Gasteiger partial charge in [0.2, 0.25) is 0 Å². The summed E-state index contributed by atoms with van der Waals surface area (Å²) in [5.41, 5.74) is 2.74. The molecule has 0 spiro atoms. The average Bonchev–Trinajstić information content (AvgIpc) is 3.08. The molecule has 184 valence electrons. The van der Waals surface area contributed by atoms with E-state index in [1.807, 2.05) is 0 Å². The van der Waals surface area contributed by atoms with Crippen LogP contribution in [0.5, 0.6) is 0 Å². The third-order valence-corrected chi connectivity index (χ3v) is 9.44. The Morgan fingerprint density at radius 1 is 1.12 bits per heavy atom. The highest BCUT2D eigenvalue weighted by Crippen LogP contribution is 2.65. The number of carboxylic acid groups (broad SMARTS) is 1. The number of hydrogen-bond donors (Lipinski definition) is 3. The summed E-state index contributed by atoms with van der Waals surface area (Å²) in [6, 6.07) is 0. The lowest BCUT2D eigenvalue weighted by molar-refractivity contribution is -0.137. The molecule has 0 aromatic carbocycles. The van der Waals surface area contributed by atoms with Crippen LogP contribution in [0.3, 0.4) is 0 Å². The molecule has 0 heterocycles. The predicted octanol–water partition coefficient (Wildman–Crippen LogP) is 4.05. The first-order valence-electron chi connectivity index (χ1n) is 12.8. The number of rotatable bonds is 8. The fourth-order valence-electron chi connectivity index (χ4n) is 7.47. The van der Waals surface area contributed by atoms with Crippen LogP contribution >= 0.6 is 0 Å². The van der Waals surface area contributed by atoms with Gasteiger partial charge >= 0.3 is 5.97 Å². The Balaban J connectivity index is 1.30. The van der Waals surface area contributed by atoms with Crippen LogP contribution in [-0.4, -0.2) is 47.1 Å². The highest BCUT2D eigenvalue weighted by molar-refractivity contribution is 5.96. The minimum absolute atomic E-state index is 0.115. The van der Waals surface area contributed by atoms with Crippen LogP contribution in [0.25, 0.3) is 0 Å². The van der Waals surface area contributed by atoms with Crippen molar-refractivity contribution in [3.8, 4) is 0 Å². The third-order valence-electron chi connectivity index (χ3n) is 9.44. The van der Waals surface area contributed by atoms with Gasteiger partial charge in [-0.3, -0.25) is 9.59 Å². The Kier molecular flexibility index (Phi) is 7.18. The van der Waals surface area contributed by atoms with E-state index in [4.69, 9.17) is 9.94 Å². The smallest absolute Gasteiger partial charge is 0.303 e. The second kappa shape index (κ2) is 9.77. The third kappa shape index (κ3) is 4.84. The van der Waals surface area contributed by atoms with Gasteiger partial charge < -0.3 is 20.4 Å². The monoisotopic (exact) mass is 460 g/mol. The number of allylic oxidation sites excluding steroid dienone is 2. The number of nitrogens with one attached hydrogen (secondary N) is 1. The number of oxime groups is 1. The molecule has 7 nitrogen and oxygen atoms in total. The van der Waals surface area contributed by atoms with E-state index in [1.165, 1.54) is 24.8 Å². The lowest BCUT2D eigenvalue weighted by atomic mass is 9.47. The zero-order valence-electron chi connectivity index (χ0n) is 20.1. The fourth-order valence-corrected chi connectivity index (χ4v) is 7.47. The number of carboxylic acids is 1. The van der Waals surface area contributed by atoms with Gasteiger partial charge in [-0.15, -0.1) is 0 Å². The normalized spacial score (nSPS) is 38.6. The average molecular weight is 461 g/mol. The molecule has 3 saturated carbocycles. The quantitative estimate of drug-likeness (QED) is 0.374. The Bertz CT molecular complexity index is 823. The number of amides is 1. The number of aliphatic hydroxyl groups is 1. The molecule has 0 bridgehead atoms. The summed E-state index contributed by atoms with van der Waals surface area (Å²) in [6.07, 6.45) is 12.1. The van der Waals surface area contributed by atoms with Crippen LogP contribution in [-0.2, 0) is 14.4 Å². The second-order valence-corrected chi connectivity index (χ2v) is 11.2. The fraction of sp³-hybridized carbons (Fsp3) is 0.808. The summed E-state index contributed by atoms with van der Waals surface area (Å²) in [5.74, 6) is 1.02. The first-order chi connectivity index (χ1) is 15.7. The number of aliphatic hydroxyl groups excluding tert-OH is 1. The highest BCUT2D eigenvalue weighted by atomic mass is 16.6. The van der Waals surface area contributed by atoms with Crippen molar-refractivity contribution in [3.63, 3.8) is 0 Å². The molecular formula is C26H40N2O5. The molecule has 3 N–H and O–H groups in total. The molecule has 7 heteroatoms. The van der Waals surface area contributed by atoms with Crippen molar-refractivity contribution < 1.29 is 24.6 Å². The van der Waals surface area contributed by atoms with Crippen molar-refractivity contribution in [3.05, 3.63) is 11.6 Å². The van der Waals surface area contributed by atoms with Crippen LogP contribution in [0, 0.1) is 28.6 Å². The van der Waals surface area contributed by atoms with Gasteiger partial charge in [-0.2, -0.15) is 0 Å². The van der Waals surface area contributed by atoms with Gasteiger partial charge in [0.15, 0.2) is 6.61 Å².